The second-order valence-corrected chi connectivity index (χ2v) is 2.26. The first-order chi connectivity index (χ1) is 5.66. The average Bonchev–Trinajstić information content (AvgIpc) is 2.32. The van der Waals surface area contributed by atoms with Crippen molar-refractivity contribution >= 4 is 69.1 Å². The average molecular weight is 212 g/mol. The van der Waals surface area contributed by atoms with Crippen LogP contribution in [0.3, 0.4) is 0 Å². The van der Waals surface area contributed by atoms with Crippen molar-refractivity contribution in [2.24, 2.45) is 5.92 Å². The summed E-state index contributed by atoms with van der Waals surface area (Å²) in [6.07, 6.45) is 0. The van der Waals surface area contributed by atoms with Gasteiger partial charge in [0.15, 0.2) is 12.4 Å². The predicted octanol–water partition coefficient (Wildman–Crippen LogP) is -1.36. The van der Waals surface area contributed by atoms with Crippen molar-refractivity contribution < 1.29 is 23.9 Å². The van der Waals surface area contributed by atoms with Crippen LogP contribution < -0.4 is 0 Å². The summed E-state index contributed by atoms with van der Waals surface area (Å²) in [6.45, 7) is 1.43. The molecule has 1 saturated heterocycles. The zero-order valence-corrected chi connectivity index (χ0v) is 6.53. The summed E-state index contributed by atoms with van der Waals surface area (Å²) in [6, 6.07) is 0. The second kappa shape index (κ2) is 5.87. The molecule has 0 aliphatic carbocycles. The van der Waals surface area contributed by atoms with E-state index >= 15 is 0 Å². The van der Waals surface area contributed by atoms with Crippen LogP contribution in [0.2, 0.25) is 0 Å². The van der Waals surface area contributed by atoms with E-state index in [9.17, 15) is 14.4 Å². The molecule has 0 aromatic heterocycles. The summed E-state index contributed by atoms with van der Waals surface area (Å²) in [5.41, 5.74) is 0. The van der Waals surface area contributed by atoms with Crippen molar-refractivity contribution in [1.82, 2.24) is 0 Å². The molecule has 0 spiro atoms. The molecule has 1 aliphatic heterocycles. The molecule has 1 atom stereocenters. The number of hydrogen-bond donors (Lipinski definition) is 0. The summed E-state index contributed by atoms with van der Waals surface area (Å²) < 4.78 is 8.86. The van der Waals surface area contributed by atoms with Crippen LogP contribution in [0.15, 0.2) is 0 Å². The summed E-state index contributed by atoms with van der Waals surface area (Å²) in [4.78, 5) is 32.5. The zero-order chi connectivity index (χ0) is 9.14. The van der Waals surface area contributed by atoms with Gasteiger partial charge in [-0.25, -0.2) is 0 Å². The van der Waals surface area contributed by atoms with Gasteiger partial charge >= 0.3 is 63.3 Å². The number of ether oxygens (including phenoxy) is 2. The molecule has 1 fully saturated rings. The van der Waals surface area contributed by atoms with Gasteiger partial charge < -0.3 is 9.47 Å². The van der Waals surface area contributed by atoms with E-state index < -0.39 is 23.6 Å². The van der Waals surface area contributed by atoms with Crippen molar-refractivity contribution in [1.29, 1.82) is 0 Å². The minimum atomic E-state index is -1.34. The van der Waals surface area contributed by atoms with Crippen LogP contribution in [-0.2, 0) is 23.9 Å². The van der Waals surface area contributed by atoms with Crippen LogP contribution in [0, 0.1) is 5.92 Å². The number of carbonyl (C=O) groups is 3. The van der Waals surface area contributed by atoms with Gasteiger partial charge in [-0.1, -0.05) is 0 Å². The molecule has 1 unspecified atom stereocenters. The topological polar surface area (TPSA) is 69.7 Å². The number of Topliss-reactive ketones (excluding diaryl/α,β-unsaturated/α-hetero) is 1. The molecule has 1 aliphatic rings. The van der Waals surface area contributed by atoms with Gasteiger partial charge in [0.25, 0.3) is 0 Å². The van der Waals surface area contributed by atoms with Gasteiger partial charge in [0.2, 0.25) is 5.92 Å². The van der Waals surface area contributed by atoms with Gasteiger partial charge in [-0.3, -0.25) is 14.4 Å². The standard InChI is InChI=1S/C7H8O5.K.H/c1-2-11-6(9)5-4(8)3-12-7(5)10;;/h5H,2-3H2,1H3;;. The number of esters is 2. The fourth-order valence-electron chi connectivity index (χ4n) is 0.894. The molecular formula is C7H9KO5. The zero-order valence-electron chi connectivity index (χ0n) is 6.53. The Bertz CT molecular complexity index is 221. The van der Waals surface area contributed by atoms with Gasteiger partial charge in [0, 0.05) is 0 Å². The SMILES string of the molecule is CCOC(=O)C1C(=O)COC1=O.[KH]. The van der Waals surface area contributed by atoms with E-state index in [1.54, 1.807) is 6.92 Å². The Labute approximate surface area is 118 Å². The number of hydrogen-bond acceptors (Lipinski definition) is 5. The molecule has 0 radical (unpaired) electrons. The number of carbonyl (C=O) groups excluding carboxylic acids is 3. The summed E-state index contributed by atoms with van der Waals surface area (Å²) in [5.74, 6) is -3.49. The van der Waals surface area contributed by atoms with Crippen molar-refractivity contribution in [3.8, 4) is 0 Å². The third-order valence-electron chi connectivity index (χ3n) is 1.44. The van der Waals surface area contributed by atoms with Crippen molar-refractivity contribution in [2.75, 3.05) is 13.2 Å². The van der Waals surface area contributed by atoms with E-state index in [4.69, 9.17) is 0 Å². The fraction of sp³-hybridized carbons (Fsp3) is 0.571. The molecule has 68 valence electrons. The molecule has 0 aromatic rings. The van der Waals surface area contributed by atoms with E-state index in [1.807, 2.05) is 0 Å². The van der Waals surface area contributed by atoms with Gasteiger partial charge in [0.05, 0.1) is 6.61 Å². The first kappa shape index (κ1) is 13.2. The maximum absolute atomic E-state index is 10.9. The van der Waals surface area contributed by atoms with E-state index in [0.29, 0.717) is 0 Å². The third kappa shape index (κ3) is 3.14. The minimum absolute atomic E-state index is 0. The Hall–Kier alpha value is 0.246. The second-order valence-electron chi connectivity index (χ2n) is 2.26. The first-order valence-corrected chi connectivity index (χ1v) is 3.52. The van der Waals surface area contributed by atoms with Crippen LogP contribution in [0.25, 0.3) is 0 Å². The quantitative estimate of drug-likeness (QED) is 0.321. The van der Waals surface area contributed by atoms with Crippen LogP contribution in [-0.4, -0.2) is 82.3 Å². The Morgan fingerprint density at radius 2 is 2.23 bits per heavy atom. The molecule has 5 nitrogen and oxygen atoms in total. The molecule has 0 N–H and O–H groups in total. The number of rotatable bonds is 2. The summed E-state index contributed by atoms with van der Waals surface area (Å²) in [5, 5.41) is 0. The van der Waals surface area contributed by atoms with Gasteiger partial charge in [-0.05, 0) is 6.92 Å². The Kier molecular flexibility index (Phi) is 5.98. The third-order valence-corrected chi connectivity index (χ3v) is 1.44. The molecule has 0 aromatic carbocycles. The summed E-state index contributed by atoms with van der Waals surface area (Å²) in [7, 11) is 0. The molecule has 6 heteroatoms. The molecule has 1 heterocycles. The monoisotopic (exact) mass is 212 g/mol. The molecule has 0 saturated carbocycles. The molecule has 13 heavy (non-hydrogen) atoms. The molecule has 1 rings (SSSR count). The van der Waals surface area contributed by atoms with Gasteiger partial charge in [-0.15, -0.1) is 0 Å². The molecular weight excluding hydrogens is 203 g/mol. The predicted molar refractivity (Wildman–Crippen MR) is 43.2 cm³/mol. The van der Waals surface area contributed by atoms with E-state index in [1.165, 1.54) is 0 Å². The molecule has 0 bridgehead atoms. The normalized spacial score (nSPS) is 20.5. The van der Waals surface area contributed by atoms with E-state index in [-0.39, 0.29) is 64.6 Å². The van der Waals surface area contributed by atoms with Crippen molar-refractivity contribution in [3.63, 3.8) is 0 Å². The fourth-order valence-corrected chi connectivity index (χ4v) is 0.894. The number of cyclic esters (lactones) is 1. The van der Waals surface area contributed by atoms with Gasteiger partial charge in [0.1, 0.15) is 0 Å². The summed E-state index contributed by atoms with van der Waals surface area (Å²) >= 11 is 0. The van der Waals surface area contributed by atoms with Crippen molar-refractivity contribution in [3.05, 3.63) is 0 Å². The van der Waals surface area contributed by atoms with Crippen molar-refractivity contribution in [2.45, 2.75) is 6.92 Å². The van der Waals surface area contributed by atoms with Crippen LogP contribution >= 0.6 is 0 Å². The van der Waals surface area contributed by atoms with E-state index in [2.05, 4.69) is 9.47 Å². The van der Waals surface area contributed by atoms with E-state index in [0.717, 1.165) is 0 Å². The Morgan fingerprint density at radius 3 is 2.62 bits per heavy atom. The first-order valence-electron chi connectivity index (χ1n) is 3.52. The van der Waals surface area contributed by atoms with Crippen LogP contribution in [0.4, 0.5) is 0 Å². The van der Waals surface area contributed by atoms with Crippen LogP contribution in [0.1, 0.15) is 6.92 Å². The maximum atomic E-state index is 10.9. The Balaban J connectivity index is 0.00000144. The van der Waals surface area contributed by atoms with Crippen LogP contribution in [0.5, 0.6) is 0 Å². The Morgan fingerprint density at radius 1 is 1.62 bits per heavy atom. The van der Waals surface area contributed by atoms with Gasteiger partial charge in [-0.2, -0.15) is 0 Å². The molecule has 0 amide bonds. The number of ketones is 1.